The lowest BCUT2D eigenvalue weighted by Gasteiger charge is -2.02. The minimum atomic E-state index is 0.662. The molecule has 0 bridgehead atoms. The molecular formula is C17H11ClN4S. The summed E-state index contributed by atoms with van der Waals surface area (Å²) in [6, 6.07) is 19.4. The maximum Gasteiger partial charge on any atom is 0.189 e. The molecule has 0 radical (unpaired) electrons. The van der Waals surface area contributed by atoms with Crippen LogP contribution in [0, 0.1) is 0 Å². The zero-order valence-electron chi connectivity index (χ0n) is 11.9. The monoisotopic (exact) mass is 338 g/mol. The smallest absolute Gasteiger partial charge is 0.189 e. The first-order valence-electron chi connectivity index (χ1n) is 7.00. The van der Waals surface area contributed by atoms with Crippen LogP contribution in [0.4, 0.5) is 10.9 Å². The van der Waals surface area contributed by atoms with E-state index in [1.54, 1.807) is 0 Å². The maximum absolute atomic E-state index is 6.00. The van der Waals surface area contributed by atoms with Crippen LogP contribution in [-0.4, -0.2) is 15.2 Å². The summed E-state index contributed by atoms with van der Waals surface area (Å²) in [6.45, 7) is 0. The fourth-order valence-electron chi connectivity index (χ4n) is 2.22. The van der Waals surface area contributed by atoms with Gasteiger partial charge >= 0.3 is 0 Å². The maximum atomic E-state index is 6.00. The van der Waals surface area contributed by atoms with E-state index >= 15 is 0 Å². The highest BCUT2D eigenvalue weighted by Gasteiger charge is 2.06. The summed E-state index contributed by atoms with van der Waals surface area (Å²) in [7, 11) is 0. The molecule has 0 amide bonds. The van der Waals surface area contributed by atoms with Crippen molar-refractivity contribution in [3.8, 4) is 11.3 Å². The lowest BCUT2D eigenvalue weighted by atomic mass is 10.1. The molecule has 0 saturated heterocycles. The zero-order valence-corrected chi connectivity index (χ0v) is 13.5. The molecule has 0 fully saturated rings. The van der Waals surface area contributed by atoms with Crippen molar-refractivity contribution >= 4 is 44.1 Å². The molecule has 6 heteroatoms. The van der Waals surface area contributed by atoms with E-state index in [1.807, 2.05) is 60.7 Å². The van der Waals surface area contributed by atoms with Gasteiger partial charge in [0.1, 0.15) is 0 Å². The predicted molar refractivity (Wildman–Crippen MR) is 95.4 cm³/mol. The van der Waals surface area contributed by atoms with Crippen LogP contribution in [-0.2, 0) is 0 Å². The Morgan fingerprint density at radius 2 is 1.78 bits per heavy atom. The van der Waals surface area contributed by atoms with Crippen LogP contribution in [0.3, 0.4) is 0 Å². The first-order valence-corrected chi connectivity index (χ1v) is 8.20. The molecule has 2 heterocycles. The van der Waals surface area contributed by atoms with E-state index in [-0.39, 0.29) is 0 Å². The van der Waals surface area contributed by atoms with Crippen molar-refractivity contribution in [2.75, 3.05) is 5.32 Å². The van der Waals surface area contributed by atoms with E-state index in [2.05, 4.69) is 20.5 Å². The summed E-state index contributed by atoms with van der Waals surface area (Å²) in [5.41, 5.74) is 2.80. The standard InChI is InChI=1S/C17H11ClN4S/c18-12-6-7-14-15(10-12)23-17(19-14)20-16-9-8-13(21-22-16)11-4-2-1-3-5-11/h1-10H,(H,19,20,22). The summed E-state index contributed by atoms with van der Waals surface area (Å²) in [6.07, 6.45) is 0. The van der Waals surface area contributed by atoms with E-state index in [0.717, 1.165) is 26.6 Å². The number of fused-ring (bicyclic) bond motifs is 1. The highest BCUT2D eigenvalue weighted by molar-refractivity contribution is 7.22. The number of rotatable bonds is 3. The average molecular weight is 339 g/mol. The Labute approximate surface area is 141 Å². The van der Waals surface area contributed by atoms with E-state index in [4.69, 9.17) is 11.6 Å². The zero-order chi connectivity index (χ0) is 15.6. The predicted octanol–water partition coefficient (Wildman–Crippen LogP) is 5.15. The van der Waals surface area contributed by atoms with Crippen LogP contribution >= 0.6 is 22.9 Å². The molecule has 0 saturated carbocycles. The molecule has 4 nitrogen and oxygen atoms in total. The highest BCUT2D eigenvalue weighted by atomic mass is 35.5. The van der Waals surface area contributed by atoms with Gasteiger partial charge in [0.15, 0.2) is 10.9 Å². The first-order chi connectivity index (χ1) is 11.3. The SMILES string of the molecule is Clc1ccc2nc(Nc3ccc(-c4ccccc4)nn3)sc2c1. The van der Waals surface area contributed by atoms with Gasteiger partial charge in [-0.15, -0.1) is 10.2 Å². The Bertz CT molecular complexity index is 951. The molecule has 0 atom stereocenters. The van der Waals surface area contributed by atoms with E-state index in [9.17, 15) is 0 Å². The second-order valence-corrected chi connectivity index (χ2v) is 6.39. The topological polar surface area (TPSA) is 50.7 Å². The van der Waals surface area contributed by atoms with Gasteiger partial charge < -0.3 is 5.32 Å². The highest BCUT2D eigenvalue weighted by Crippen LogP contribution is 2.29. The molecule has 4 rings (SSSR count). The lowest BCUT2D eigenvalue weighted by molar-refractivity contribution is 1.04. The van der Waals surface area contributed by atoms with E-state index in [0.29, 0.717) is 10.8 Å². The number of hydrogen-bond acceptors (Lipinski definition) is 5. The van der Waals surface area contributed by atoms with Gasteiger partial charge in [-0.3, -0.25) is 0 Å². The van der Waals surface area contributed by atoms with Crippen molar-refractivity contribution in [3.63, 3.8) is 0 Å². The third-order valence-electron chi connectivity index (χ3n) is 3.32. The van der Waals surface area contributed by atoms with Crippen LogP contribution in [0.2, 0.25) is 5.02 Å². The van der Waals surface area contributed by atoms with Crippen molar-refractivity contribution in [1.29, 1.82) is 0 Å². The Morgan fingerprint density at radius 1 is 0.913 bits per heavy atom. The third-order valence-corrected chi connectivity index (χ3v) is 4.49. The summed E-state index contributed by atoms with van der Waals surface area (Å²) in [5.74, 6) is 0.662. The molecule has 0 spiro atoms. The number of anilines is 2. The summed E-state index contributed by atoms with van der Waals surface area (Å²) in [5, 5.41) is 13.1. The second kappa shape index (κ2) is 5.95. The number of aromatic nitrogens is 3. The number of nitrogens with one attached hydrogen (secondary N) is 1. The average Bonchev–Trinajstić information content (AvgIpc) is 2.97. The molecule has 0 unspecified atom stereocenters. The molecule has 2 aromatic carbocycles. The summed E-state index contributed by atoms with van der Waals surface area (Å²) < 4.78 is 1.04. The Kier molecular flexibility index (Phi) is 3.65. The quantitative estimate of drug-likeness (QED) is 0.561. The van der Waals surface area contributed by atoms with Gasteiger partial charge in [-0.1, -0.05) is 53.3 Å². The molecule has 1 N–H and O–H groups in total. The second-order valence-electron chi connectivity index (χ2n) is 4.93. The van der Waals surface area contributed by atoms with Crippen LogP contribution in [0.25, 0.3) is 21.5 Å². The number of hydrogen-bond donors (Lipinski definition) is 1. The van der Waals surface area contributed by atoms with Gasteiger partial charge in [-0.25, -0.2) is 4.98 Å². The Hall–Kier alpha value is -2.50. The normalized spacial score (nSPS) is 10.8. The molecule has 2 aromatic heterocycles. The fraction of sp³-hybridized carbons (Fsp3) is 0. The number of benzene rings is 2. The van der Waals surface area contributed by atoms with Crippen molar-refractivity contribution in [1.82, 2.24) is 15.2 Å². The van der Waals surface area contributed by atoms with Gasteiger partial charge in [0.05, 0.1) is 15.9 Å². The van der Waals surface area contributed by atoms with Gasteiger partial charge in [-0.2, -0.15) is 0 Å². The largest absolute Gasteiger partial charge is 0.315 e. The minimum Gasteiger partial charge on any atom is -0.315 e. The molecule has 0 aliphatic carbocycles. The van der Waals surface area contributed by atoms with Crippen molar-refractivity contribution in [3.05, 3.63) is 65.7 Å². The Balaban J connectivity index is 1.58. The van der Waals surface area contributed by atoms with Gasteiger partial charge in [0, 0.05) is 10.6 Å². The molecule has 23 heavy (non-hydrogen) atoms. The van der Waals surface area contributed by atoms with E-state index < -0.39 is 0 Å². The molecule has 4 aromatic rings. The van der Waals surface area contributed by atoms with E-state index in [1.165, 1.54) is 11.3 Å². The van der Waals surface area contributed by atoms with Gasteiger partial charge in [0.2, 0.25) is 0 Å². The van der Waals surface area contributed by atoms with Crippen molar-refractivity contribution in [2.45, 2.75) is 0 Å². The molecule has 0 aliphatic heterocycles. The molecule has 0 aliphatic rings. The fourth-order valence-corrected chi connectivity index (χ4v) is 3.37. The van der Waals surface area contributed by atoms with Crippen LogP contribution in [0.15, 0.2) is 60.7 Å². The molecule has 112 valence electrons. The van der Waals surface area contributed by atoms with Gasteiger partial charge in [-0.05, 0) is 30.3 Å². The van der Waals surface area contributed by atoms with Crippen molar-refractivity contribution < 1.29 is 0 Å². The summed E-state index contributed by atoms with van der Waals surface area (Å²) in [4.78, 5) is 4.51. The van der Waals surface area contributed by atoms with Crippen LogP contribution in [0.1, 0.15) is 0 Å². The van der Waals surface area contributed by atoms with Crippen LogP contribution in [0.5, 0.6) is 0 Å². The number of thiazole rings is 1. The first kappa shape index (κ1) is 14.1. The number of halogens is 1. The van der Waals surface area contributed by atoms with Crippen LogP contribution < -0.4 is 5.32 Å². The number of nitrogens with zero attached hydrogens (tertiary/aromatic N) is 3. The Morgan fingerprint density at radius 3 is 2.57 bits per heavy atom. The molecular weight excluding hydrogens is 328 g/mol. The minimum absolute atomic E-state index is 0.662. The van der Waals surface area contributed by atoms with Gasteiger partial charge in [0.25, 0.3) is 0 Å². The lowest BCUT2D eigenvalue weighted by Crippen LogP contribution is -1.95. The third kappa shape index (κ3) is 3.02. The summed E-state index contributed by atoms with van der Waals surface area (Å²) >= 11 is 7.53. The van der Waals surface area contributed by atoms with Crippen molar-refractivity contribution in [2.24, 2.45) is 0 Å².